The molecule has 3 heteroatoms. The molecule has 1 heterocycles. The molecule has 0 aromatic heterocycles. The molecule has 1 rings (SSSR count). The first-order valence-corrected chi connectivity index (χ1v) is 4.07. The van der Waals surface area contributed by atoms with Gasteiger partial charge >= 0.3 is 0 Å². The lowest BCUT2D eigenvalue weighted by Crippen LogP contribution is -2.32. The highest BCUT2D eigenvalue weighted by Crippen LogP contribution is 2.21. The van der Waals surface area contributed by atoms with E-state index in [4.69, 9.17) is 0 Å². The summed E-state index contributed by atoms with van der Waals surface area (Å²) in [5.41, 5.74) is 0. The van der Waals surface area contributed by atoms with Crippen molar-refractivity contribution in [2.24, 2.45) is 5.92 Å². The SMILES string of the molecule is C=CC(=O)N1CC(C=O)CC1C. The average molecular weight is 167 g/mol. The van der Waals surface area contributed by atoms with E-state index >= 15 is 0 Å². The van der Waals surface area contributed by atoms with Crippen molar-refractivity contribution in [2.75, 3.05) is 6.54 Å². The molecular weight excluding hydrogens is 154 g/mol. The Kier molecular flexibility index (Phi) is 2.63. The zero-order valence-corrected chi connectivity index (χ0v) is 7.19. The molecule has 12 heavy (non-hydrogen) atoms. The average Bonchev–Trinajstić information content (AvgIpc) is 2.45. The molecule has 0 aromatic carbocycles. The quantitative estimate of drug-likeness (QED) is 0.446. The van der Waals surface area contributed by atoms with Crippen LogP contribution in [0.15, 0.2) is 12.7 Å². The van der Waals surface area contributed by atoms with Crippen molar-refractivity contribution in [2.45, 2.75) is 19.4 Å². The van der Waals surface area contributed by atoms with Gasteiger partial charge in [-0.05, 0) is 19.4 Å². The molecule has 2 atom stereocenters. The third-order valence-electron chi connectivity index (χ3n) is 2.26. The van der Waals surface area contributed by atoms with Crippen molar-refractivity contribution in [1.29, 1.82) is 0 Å². The number of amides is 1. The maximum absolute atomic E-state index is 11.2. The summed E-state index contributed by atoms with van der Waals surface area (Å²) in [4.78, 5) is 23.3. The fraction of sp³-hybridized carbons (Fsp3) is 0.556. The van der Waals surface area contributed by atoms with Gasteiger partial charge in [-0.3, -0.25) is 4.79 Å². The summed E-state index contributed by atoms with van der Waals surface area (Å²) >= 11 is 0. The molecule has 1 amide bonds. The molecule has 0 spiro atoms. The van der Waals surface area contributed by atoms with E-state index < -0.39 is 0 Å². The number of hydrogen-bond donors (Lipinski definition) is 0. The van der Waals surface area contributed by atoms with E-state index in [1.54, 1.807) is 4.90 Å². The van der Waals surface area contributed by atoms with E-state index in [2.05, 4.69) is 6.58 Å². The predicted molar refractivity (Wildman–Crippen MR) is 45.5 cm³/mol. The Morgan fingerprint density at radius 2 is 2.33 bits per heavy atom. The fourth-order valence-corrected chi connectivity index (χ4v) is 1.60. The number of likely N-dealkylation sites (tertiary alicyclic amines) is 1. The number of carbonyl (C=O) groups is 2. The molecule has 0 radical (unpaired) electrons. The van der Waals surface area contributed by atoms with Crippen LogP contribution in [0, 0.1) is 5.92 Å². The number of rotatable bonds is 2. The van der Waals surface area contributed by atoms with E-state index in [-0.39, 0.29) is 17.9 Å². The van der Waals surface area contributed by atoms with Crippen LogP contribution in [0.3, 0.4) is 0 Å². The zero-order valence-electron chi connectivity index (χ0n) is 7.19. The maximum Gasteiger partial charge on any atom is 0.246 e. The minimum absolute atomic E-state index is 0.0175. The van der Waals surface area contributed by atoms with Crippen LogP contribution in [0.4, 0.5) is 0 Å². The smallest absolute Gasteiger partial charge is 0.246 e. The topological polar surface area (TPSA) is 37.4 Å². The summed E-state index contributed by atoms with van der Waals surface area (Å²) in [5.74, 6) is -0.0595. The van der Waals surface area contributed by atoms with Crippen LogP contribution in [0.5, 0.6) is 0 Å². The Hall–Kier alpha value is -1.12. The summed E-state index contributed by atoms with van der Waals surface area (Å²) in [6.07, 6.45) is 3.00. The van der Waals surface area contributed by atoms with Gasteiger partial charge in [0.05, 0.1) is 0 Å². The second kappa shape index (κ2) is 3.52. The van der Waals surface area contributed by atoms with Gasteiger partial charge in [0.2, 0.25) is 5.91 Å². The summed E-state index contributed by atoms with van der Waals surface area (Å²) in [6, 6.07) is 0.172. The van der Waals surface area contributed by atoms with Crippen LogP contribution in [-0.4, -0.2) is 29.7 Å². The van der Waals surface area contributed by atoms with Gasteiger partial charge < -0.3 is 9.69 Å². The number of carbonyl (C=O) groups excluding carboxylic acids is 2. The van der Waals surface area contributed by atoms with Crippen molar-refractivity contribution in [3.05, 3.63) is 12.7 Å². The van der Waals surface area contributed by atoms with Crippen molar-refractivity contribution in [3.63, 3.8) is 0 Å². The molecule has 1 aliphatic heterocycles. The Morgan fingerprint density at radius 1 is 1.67 bits per heavy atom. The third-order valence-corrected chi connectivity index (χ3v) is 2.26. The molecule has 3 nitrogen and oxygen atoms in total. The van der Waals surface area contributed by atoms with Crippen LogP contribution >= 0.6 is 0 Å². The molecule has 0 N–H and O–H groups in total. The Bertz CT molecular complexity index is 213. The van der Waals surface area contributed by atoms with E-state index in [0.717, 1.165) is 12.7 Å². The standard InChI is InChI=1S/C9H13NO2/c1-3-9(12)10-5-8(6-11)4-7(10)2/h3,6-8H,1,4-5H2,2H3. The molecule has 2 unspecified atom stereocenters. The second-order valence-corrected chi connectivity index (χ2v) is 3.18. The monoisotopic (exact) mass is 167 g/mol. The zero-order chi connectivity index (χ0) is 9.14. The minimum Gasteiger partial charge on any atom is -0.336 e. The molecule has 0 aliphatic carbocycles. The highest BCUT2D eigenvalue weighted by Gasteiger charge is 2.30. The molecule has 66 valence electrons. The van der Waals surface area contributed by atoms with E-state index in [9.17, 15) is 9.59 Å². The molecular formula is C9H13NO2. The molecule has 1 aliphatic rings. The van der Waals surface area contributed by atoms with Gasteiger partial charge in [0.25, 0.3) is 0 Å². The normalized spacial score (nSPS) is 28.6. The van der Waals surface area contributed by atoms with E-state index in [0.29, 0.717) is 6.54 Å². The van der Waals surface area contributed by atoms with E-state index in [1.807, 2.05) is 6.92 Å². The Morgan fingerprint density at radius 3 is 2.75 bits per heavy atom. The highest BCUT2D eigenvalue weighted by atomic mass is 16.2. The minimum atomic E-state index is -0.0770. The molecule has 0 bridgehead atoms. The summed E-state index contributed by atoms with van der Waals surface area (Å²) < 4.78 is 0. The molecule has 0 saturated carbocycles. The predicted octanol–water partition coefficient (Wildman–Crippen LogP) is 0.608. The van der Waals surface area contributed by atoms with Gasteiger partial charge in [-0.2, -0.15) is 0 Å². The van der Waals surface area contributed by atoms with Crippen molar-refractivity contribution >= 4 is 12.2 Å². The van der Waals surface area contributed by atoms with Gasteiger partial charge in [-0.15, -0.1) is 0 Å². The molecule has 0 aromatic rings. The van der Waals surface area contributed by atoms with Crippen LogP contribution in [0.25, 0.3) is 0 Å². The number of nitrogens with zero attached hydrogens (tertiary/aromatic N) is 1. The lowest BCUT2D eigenvalue weighted by Gasteiger charge is -2.18. The maximum atomic E-state index is 11.2. The molecule has 1 fully saturated rings. The first-order valence-electron chi connectivity index (χ1n) is 4.07. The highest BCUT2D eigenvalue weighted by molar-refractivity contribution is 5.87. The number of hydrogen-bond acceptors (Lipinski definition) is 2. The lowest BCUT2D eigenvalue weighted by molar-refractivity contribution is -0.126. The van der Waals surface area contributed by atoms with Gasteiger partial charge in [0.1, 0.15) is 6.29 Å². The first kappa shape index (κ1) is 8.97. The largest absolute Gasteiger partial charge is 0.336 e. The third kappa shape index (κ3) is 1.55. The van der Waals surface area contributed by atoms with Gasteiger partial charge in [0, 0.05) is 18.5 Å². The van der Waals surface area contributed by atoms with Gasteiger partial charge in [-0.25, -0.2) is 0 Å². The number of aldehydes is 1. The van der Waals surface area contributed by atoms with Crippen LogP contribution in [-0.2, 0) is 9.59 Å². The summed E-state index contributed by atoms with van der Waals surface area (Å²) in [7, 11) is 0. The summed E-state index contributed by atoms with van der Waals surface area (Å²) in [5, 5.41) is 0. The Labute approximate surface area is 72.0 Å². The second-order valence-electron chi connectivity index (χ2n) is 3.18. The molecule has 1 saturated heterocycles. The van der Waals surface area contributed by atoms with Crippen molar-refractivity contribution < 1.29 is 9.59 Å². The van der Waals surface area contributed by atoms with Gasteiger partial charge in [-0.1, -0.05) is 6.58 Å². The van der Waals surface area contributed by atoms with Crippen LogP contribution in [0.2, 0.25) is 0 Å². The fourth-order valence-electron chi connectivity index (χ4n) is 1.60. The lowest BCUT2D eigenvalue weighted by atomic mass is 10.1. The van der Waals surface area contributed by atoms with Crippen molar-refractivity contribution in [1.82, 2.24) is 4.90 Å². The van der Waals surface area contributed by atoms with Crippen molar-refractivity contribution in [3.8, 4) is 0 Å². The Balaban J connectivity index is 2.62. The van der Waals surface area contributed by atoms with Crippen LogP contribution < -0.4 is 0 Å². The van der Waals surface area contributed by atoms with E-state index in [1.165, 1.54) is 6.08 Å². The van der Waals surface area contributed by atoms with Gasteiger partial charge in [0.15, 0.2) is 0 Å². The summed E-state index contributed by atoms with van der Waals surface area (Å²) in [6.45, 7) is 5.91. The van der Waals surface area contributed by atoms with Crippen LogP contribution in [0.1, 0.15) is 13.3 Å². The first-order chi connectivity index (χ1) is 5.69.